The van der Waals surface area contributed by atoms with Gasteiger partial charge in [0.1, 0.15) is 6.26 Å². The molecule has 6 heteroatoms. The van der Waals surface area contributed by atoms with E-state index in [1.165, 1.54) is 6.26 Å². The lowest BCUT2D eigenvalue weighted by molar-refractivity contribution is 0.481. The van der Waals surface area contributed by atoms with Gasteiger partial charge >= 0.3 is 0 Å². The highest BCUT2D eigenvalue weighted by molar-refractivity contribution is 7.85. The minimum atomic E-state index is -3.94. The van der Waals surface area contributed by atoms with Crippen LogP contribution < -0.4 is 0 Å². The molecule has 3 aromatic rings. The minimum absolute atomic E-state index is 0.259. The third kappa shape index (κ3) is 3.18. The van der Waals surface area contributed by atoms with Gasteiger partial charge in [0.15, 0.2) is 0 Å². The highest BCUT2D eigenvalue weighted by Gasteiger charge is 2.14. The Kier molecular flexibility index (Phi) is 3.96. The van der Waals surface area contributed by atoms with Gasteiger partial charge in [0, 0.05) is 5.56 Å². The van der Waals surface area contributed by atoms with Crippen LogP contribution in [0.25, 0.3) is 22.2 Å². The van der Waals surface area contributed by atoms with Gasteiger partial charge in [-0.3, -0.25) is 4.55 Å². The Morgan fingerprint density at radius 2 is 1.95 bits per heavy atom. The predicted octanol–water partition coefficient (Wildman–Crippen LogP) is 3.32. The lowest BCUT2D eigenvalue weighted by atomic mass is 9.96. The van der Waals surface area contributed by atoms with Crippen molar-refractivity contribution in [1.82, 2.24) is 4.98 Å². The molecule has 3 rings (SSSR count). The van der Waals surface area contributed by atoms with Crippen molar-refractivity contribution in [1.29, 1.82) is 0 Å². The quantitative estimate of drug-likeness (QED) is 0.730. The van der Waals surface area contributed by atoms with E-state index in [0.717, 1.165) is 21.9 Å². The van der Waals surface area contributed by atoms with Crippen molar-refractivity contribution in [2.24, 2.45) is 0 Å². The second-order valence-corrected chi connectivity index (χ2v) is 6.62. The van der Waals surface area contributed by atoms with Gasteiger partial charge in [-0.15, -0.1) is 0 Å². The molecule has 0 aliphatic heterocycles. The fourth-order valence-corrected chi connectivity index (χ4v) is 3.08. The molecule has 2 aromatic carbocycles. The van der Waals surface area contributed by atoms with Gasteiger partial charge in [0.2, 0.25) is 5.89 Å². The average molecular weight is 317 g/mol. The largest absolute Gasteiger partial charge is 0.444 e. The van der Waals surface area contributed by atoms with Gasteiger partial charge in [0.25, 0.3) is 10.1 Å². The molecule has 1 N–H and O–H groups in total. The van der Waals surface area contributed by atoms with E-state index in [1.54, 1.807) is 6.20 Å². The van der Waals surface area contributed by atoms with Crippen molar-refractivity contribution in [2.45, 2.75) is 12.8 Å². The third-order valence-electron chi connectivity index (χ3n) is 3.51. The standard InChI is InChI=1S/C16H15NO4S/c18-22(19,20)11-3-5-13-8-7-12-4-1-2-6-14(12)15(13)16-17-9-10-21-16/h1-2,4,6-10H,3,5,11H2,(H,18,19,20). The van der Waals surface area contributed by atoms with Crippen molar-refractivity contribution < 1.29 is 17.4 Å². The molecule has 114 valence electrons. The molecule has 1 aromatic heterocycles. The first-order valence-corrected chi connectivity index (χ1v) is 8.51. The Bertz CT molecular complexity index is 886. The highest BCUT2D eigenvalue weighted by Crippen LogP contribution is 2.32. The second-order valence-electron chi connectivity index (χ2n) is 5.05. The molecular weight excluding hydrogens is 302 g/mol. The lowest BCUT2D eigenvalue weighted by Gasteiger charge is -2.10. The SMILES string of the molecule is O=S(=O)(O)CCCc1ccc2ccccc2c1-c1ncco1. The second kappa shape index (κ2) is 5.90. The maximum Gasteiger partial charge on any atom is 0.264 e. The number of oxazole rings is 1. The molecule has 0 aliphatic rings. The molecule has 0 spiro atoms. The Morgan fingerprint density at radius 1 is 1.14 bits per heavy atom. The van der Waals surface area contributed by atoms with E-state index in [1.807, 2.05) is 36.4 Å². The van der Waals surface area contributed by atoms with E-state index >= 15 is 0 Å². The number of fused-ring (bicyclic) bond motifs is 1. The number of benzene rings is 2. The zero-order chi connectivity index (χ0) is 15.6. The predicted molar refractivity (Wildman–Crippen MR) is 84.2 cm³/mol. The van der Waals surface area contributed by atoms with Crippen molar-refractivity contribution in [3.63, 3.8) is 0 Å². The monoisotopic (exact) mass is 317 g/mol. The van der Waals surface area contributed by atoms with E-state index in [4.69, 9.17) is 8.97 Å². The Labute approximate surface area is 128 Å². The zero-order valence-corrected chi connectivity index (χ0v) is 12.6. The van der Waals surface area contributed by atoms with Gasteiger partial charge in [-0.05, 0) is 29.2 Å². The molecule has 0 bridgehead atoms. The van der Waals surface area contributed by atoms with Crippen LogP contribution in [0.1, 0.15) is 12.0 Å². The first-order chi connectivity index (χ1) is 10.5. The van der Waals surface area contributed by atoms with Crippen molar-refractivity contribution >= 4 is 20.9 Å². The van der Waals surface area contributed by atoms with Gasteiger partial charge < -0.3 is 4.42 Å². The number of rotatable bonds is 5. The molecule has 0 saturated carbocycles. The Balaban J connectivity index is 2.04. The Morgan fingerprint density at radius 3 is 2.68 bits per heavy atom. The van der Waals surface area contributed by atoms with Gasteiger partial charge in [-0.2, -0.15) is 8.42 Å². The van der Waals surface area contributed by atoms with E-state index < -0.39 is 10.1 Å². The lowest BCUT2D eigenvalue weighted by Crippen LogP contribution is -2.05. The van der Waals surface area contributed by atoms with Crippen LogP contribution in [0.4, 0.5) is 0 Å². The number of aromatic nitrogens is 1. The summed E-state index contributed by atoms with van der Waals surface area (Å²) in [7, 11) is -3.94. The molecule has 0 fully saturated rings. The summed E-state index contributed by atoms with van der Waals surface area (Å²) in [6.45, 7) is 0. The molecule has 22 heavy (non-hydrogen) atoms. The van der Waals surface area contributed by atoms with E-state index in [2.05, 4.69) is 4.98 Å². The van der Waals surface area contributed by atoms with Gasteiger partial charge in [-0.1, -0.05) is 36.4 Å². The van der Waals surface area contributed by atoms with E-state index in [9.17, 15) is 8.42 Å². The average Bonchev–Trinajstić information content (AvgIpc) is 2.99. The zero-order valence-electron chi connectivity index (χ0n) is 11.8. The van der Waals surface area contributed by atoms with Crippen LogP contribution in [0.2, 0.25) is 0 Å². The summed E-state index contributed by atoms with van der Waals surface area (Å²) >= 11 is 0. The van der Waals surface area contributed by atoms with E-state index in [0.29, 0.717) is 18.7 Å². The summed E-state index contributed by atoms with van der Waals surface area (Å²) in [5.41, 5.74) is 1.82. The highest BCUT2D eigenvalue weighted by atomic mass is 32.2. The fourth-order valence-electron chi connectivity index (χ4n) is 2.57. The molecule has 1 heterocycles. The first-order valence-electron chi connectivity index (χ1n) is 6.90. The number of aryl methyl sites for hydroxylation is 1. The molecule has 0 aliphatic carbocycles. The molecule has 0 atom stereocenters. The molecule has 0 amide bonds. The van der Waals surface area contributed by atoms with Gasteiger partial charge in [0.05, 0.1) is 11.9 Å². The Hall–Kier alpha value is -2.18. The van der Waals surface area contributed by atoms with Crippen LogP contribution in [0, 0.1) is 0 Å². The smallest absolute Gasteiger partial charge is 0.264 e. The summed E-state index contributed by atoms with van der Waals surface area (Å²) in [6, 6.07) is 11.8. The summed E-state index contributed by atoms with van der Waals surface area (Å²) in [6.07, 6.45) is 3.95. The van der Waals surface area contributed by atoms with Crippen LogP contribution in [-0.4, -0.2) is 23.7 Å². The maximum atomic E-state index is 10.9. The van der Waals surface area contributed by atoms with Crippen molar-refractivity contribution in [2.75, 3.05) is 5.75 Å². The first kappa shape index (κ1) is 14.7. The summed E-state index contributed by atoms with van der Waals surface area (Å²) in [5.74, 6) is 0.254. The molecule has 0 radical (unpaired) electrons. The molecular formula is C16H15NO4S. The number of hydrogen-bond acceptors (Lipinski definition) is 4. The maximum absolute atomic E-state index is 10.9. The van der Waals surface area contributed by atoms with Crippen LogP contribution in [-0.2, 0) is 16.5 Å². The number of nitrogens with zero attached hydrogens (tertiary/aromatic N) is 1. The van der Waals surface area contributed by atoms with Gasteiger partial charge in [-0.25, -0.2) is 4.98 Å². The van der Waals surface area contributed by atoms with Crippen LogP contribution >= 0.6 is 0 Å². The van der Waals surface area contributed by atoms with Crippen LogP contribution in [0.5, 0.6) is 0 Å². The topological polar surface area (TPSA) is 80.4 Å². The van der Waals surface area contributed by atoms with Crippen molar-refractivity contribution in [3.05, 3.63) is 54.4 Å². The molecule has 0 unspecified atom stereocenters. The molecule has 0 saturated heterocycles. The summed E-state index contributed by atoms with van der Waals surface area (Å²) in [5, 5.41) is 2.07. The number of hydrogen-bond donors (Lipinski definition) is 1. The van der Waals surface area contributed by atoms with Crippen LogP contribution in [0.15, 0.2) is 53.3 Å². The minimum Gasteiger partial charge on any atom is -0.444 e. The van der Waals surface area contributed by atoms with Crippen LogP contribution in [0.3, 0.4) is 0 Å². The summed E-state index contributed by atoms with van der Waals surface area (Å²) in [4.78, 5) is 4.22. The molecule has 5 nitrogen and oxygen atoms in total. The normalized spacial score (nSPS) is 11.9. The van der Waals surface area contributed by atoms with E-state index in [-0.39, 0.29) is 5.75 Å². The third-order valence-corrected chi connectivity index (χ3v) is 4.31. The summed E-state index contributed by atoms with van der Waals surface area (Å²) < 4.78 is 36.0. The fraction of sp³-hybridized carbons (Fsp3) is 0.188. The van der Waals surface area contributed by atoms with Crippen molar-refractivity contribution in [3.8, 4) is 11.5 Å².